The second kappa shape index (κ2) is 28.9. The number of rotatable bonds is 19. The molecule has 0 aromatic rings. The van der Waals surface area contributed by atoms with E-state index in [4.69, 9.17) is 24.8 Å². The summed E-state index contributed by atoms with van der Waals surface area (Å²) >= 11 is 0. The fraction of sp³-hybridized carbons (Fsp3) is 1.00. The molecule has 0 aliphatic heterocycles. The van der Waals surface area contributed by atoms with Crippen molar-refractivity contribution in [2.75, 3.05) is 33.0 Å². The summed E-state index contributed by atoms with van der Waals surface area (Å²) in [4.78, 5) is 0. The highest BCUT2D eigenvalue weighted by atomic mass is 16.5. The maximum atomic E-state index is 8.98. The molecule has 5 heteroatoms. The molecule has 0 aromatic carbocycles. The minimum Gasteiger partial charge on any atom is -0.396 e. The van der Waals surface area contributed by atoms with Crippen molar-refractivity contribution < 1.29 is 24.8 Å². The highest BCUT2D eigenvalue weighted by Gasteiger charge is 2.23. The van der Waals surface area contributed by atoms with Crippen molar-refractivity contribution in [1.29, 1.82) is 0 Å². The Kier molecular flexibility index (Phi) is 33.8. The lowest BCUT2D eigenvalue weighted by Crippen LogP contribution is -2.27. The molecule has 0 heterocycles. The number of ether oxygens (including phenoxy) is 2. The van der Waals surface area contributed by atoms with E-state index >= 15 is 0 Å². The van der Waals surface area contributed by atoms with Crippen LogP contribution in [0.15, 0.2) is 0 Å². The zero-order valence-corrected chi connectivity index (χ0v) is 30.0. The molecular formula is C35H78O5. The first-order chi connectivity index (χ1) is 18.8. The molecule has 5 nitrogen and oxygen atoms in total. The Hall–Kier alpha value is -0.200. The Labute approximate surface area is 253 Å². The topological polar surface area (TPSA) is 79.2 Å². The van der Waals surface area contributed by atoms with Gasteiger partial charge >= 0.3 is 0 Å². The smallest absolute Gasteiger partial charge is 0.0780 e. The Morgan fingerprint density at radius 2 is 0.725 bits per heavy atom. The molecule has 2 atom stereocenters. The van der Waals surface area contributed by atoms with Crippen LogP contribution in [0, 0.1) is 22.2 Å². The van der Waals surface area contributed by atoms with Crippen molar-refractivity contribution in [3.8, 4) is 0 Å². The molecule has 0 fully saturated rings. The first kappa shape index (κ1) is 46.7. The summed E-state index contributed by atoms with van der Waals surface area (Å²) < 4.78 is 11.1. The van der Waals surface area contributed by atoms with Gasteiger partial charge in [-0.3, -0.25) is 0 Å². The van der Waals surface area contributed by atoms with Gasteiger partial charge in [-0.05, 0) is 69.1 Å². The van der Waals surface area contributed by atoms with Crippen LogP contribution in [0.1, 0.15) is 161 Å². The quantitative estimate of drug-likeness (QED) is 0.142. The van der Waals surface area contributed by atoms with Crippen LogP contribution in [0.5, 0.6) is 0 Å². The number of aliphatic hydroxyl groups excluding tert-OH is 3. The molecule has 3 N–H and O–H groups in total. The van der Waals surface area contributed by atoms with Crippen LogP contribution in [0.3, 0.4) is 0 Å². The second-order valence-electron chi connectivity index (χ2n) is 12.2. The molecule has 0 aromatic heterocycles. The Bertz CT molecular complexity index is 382. The first-order valence-electron chi connectivity index (χ1n) is 16.8. The monoisotopic (exact) mass is 579 g/mol. The molecule has 40 heavy (non-hydrogen) atoms. The van der Waals surface area contributed by atoms with E-state index in [0.717, 1.165) is 45.1 Å². The molecule has 0 amide bonds. The van der Waals surface area contributed by atoms with Crippen LogP contribution in [0.25, 0.3) is 0 Å². The predicted octanol–water partition coefficient (Wildman–Crippen LogP) is 9.45. The summed E-state index contributed by atoms with van der Waals surface area (Å²) in [6, 6.07) is 0. The number of hydrogen-bond acceptors (Lipinski definition) is 5. The van der Waals surface area contributed by atoms with E-state index in [0.29, 0.717) is 30.7 Å². The standard InChI is InChI=1S/C11H24O2.C9H20.C8H18O.C7H16O2/c1-6-10(4)13-8-11(5)12-7-9(2)3;1-5-9(6-2,7-3)8-4;1-4-8(5-2,6-3)7-9;1-3-7(4-2,5-8)6-9/h9-11H,6-8H2,1-5H3;5-8H2,1-4H3;9H,4-7H2,1-3H3;8-9H,3-6H2,1-2H3. The normalized spacial score (nSPS) is 13.3. The summed E-state index contributed by atoms with van der Waals surface area (Å²) in [6.45, 7) is 32.3. The van der Waals surface area contributed by atoms with Crippen LogP contribution in [0.2, 0.25) is 0 Å². The molecule has 0 rings (SSSR count). The van der Waals surface area contributed by atoms with Crippen LogP contribution in [-0.2, 0) is 9.47 Å². The van der Waals surface area contributed by atoms with Crippen molar-refractivity contribution >= 4 is 0 Å². The van der Waals surface area contributed by atoms with Gasteiger partial charge in [-0.1, -0.05) is 109 Å². The second-order valence-corrected chi connectivity index (χ2v) is 12.2. The van der Waals surface area contributed by atoms with Gasteiger partial charge in [0.2, 0.25) is 0 Å². The lowest BCUT2D eigenvalue weighted by Gasteiger charge is -2.28. The largest absolute Gasteiger partial charge is 0.396 e. The van der Waals surface area contributed by atoms with Crippen LogP contribution in [0.4, 0.5) is 0 Å². The van der Waals surface area contributed by atoms with E-state index < -0.39 is 0 Å². The lowest BCUT2D eigenvalue weighted by atomic mass is 9.78. The Morgan fingerprint density at radius 3 is 0.875 bits per heavy atom. The van der Waals surface area contributed by atoms with Gasteiger partial charge < -0.3 is 24.8 Å². The first-order valence-corrected chi connectivity index (χ1v) is 16.8. The van der Waals surface area contributed by atoms with Gasteiger partial charge in [-0.25, -0.2) is 0 Å². The molecular weight excluding hydrogens is 500 g/mol. The summed E-state index contributed by atoms with van der Waals surface area (Å²) in [5.74, 6) is 0.603. The van der Waals surface area contributed by atoms with Crippen molar-refractivity contribution in [1.82, 2.24) is 0 Å². The number of hydrogen-bond donors (Lipinski definition) is 3. The maximum absolute atomic E-state index is 8.98. The Balaban J connectivity index is -0.000000219. The third-order valence-electron chi connectivity index (χ3n) is 9.66. The van der Waals surface area contributed by atoms with Crippen LogP contribution < -0.4 is 0 Å². The van der Waals surface area contributed by atoms with E-state index in [-0.39, 0.29) is 30.1 Å². The van der Waals surface area contributed by atoms with Crippen molar-refractivity contribution in [3.05, 3.63) is 0 Å². The lowest BCUT2D eigenvalue weighted by molar-refractivity contribution is -0.0388. The van der Waals surface area contributed by atoms with Gasteiger partial charge in [0.15, 0.2) is 0 Å². The molecule has 248 valence electrons. The summed E-state index contributed by atoms with van der Waals surface area (Å²) in [7, 11) is 0. The van der Waals surface area contributed by atoms with Gasteiger partial charge in [0.05, 0.1) is 32.0 Å². The average Bonchev–Trinajstić information content (AvgIpc) is 3.00. The van der Waals surface area contributed by atoms with Crippen molar-refractivity contribution in [3.63, 3.8) is 0 Å². The van der Waals surface area contributed by atoms with E-state index in [2.05, 4.69) is 83.1 Å². The van der Waals surface area contributed by atoms with Gasteiger partial charge in [0, 0.05) is 18.6 Å². The summed E-state index contributed by atoms with van der Waals surface area (Å²) in [5.41, 5.74) is 0.667. The minimum absolute atomic E-state index is 0.0938. The molecule has 0 saturated heterocycles. The van der Waals surface area contributed by atoms with Gasteiger partial charge in [-0.15, -0.1) is 0 Å². The minimum atomic E-state index is -0.222. The average molecular weight is 579 g/mol. The fourth-order valence-electron chi connectivity index (χ4n) is 4.16. The third kappa shape index (κ3) is 22.4. The fourth-order valence-corrected chi connectivity index (χ4v) is 4.16. The van der Waals surface area contributed by atoms with Crippen LogP contribution >= 0.6 is 0 Å². The van der Waals surface area contributed by atoms with E-state index in [1.54, 1.807) is 0 Å². The van der Waals surface area contributed by atoms with E-state index in [1.807, 2.05) is 13.8 Å². The van der Waals surface area contributed by atoms with E-state index in [1.165, 1.54) is 25.7 Å². The van der Waals surface area contributed by atoms with Crippen molar-refractivity contribution in [2.45, 2.75) is 173 Å². The molecule has 0 aliphatic rings. The van der Waals surface area contributed by atoms with Gasteiger partial charge in [-0.2, -0.15) is 0 Å². The van der Waals surface area contributed by atoms with Crippen LogP contribution in [-0.4, -0.2) is 60.6 Å². The summed E-state index contributed by atoms with van der Waals surface area (Å²) in [5, 5.41) is 26.6. The molecule has 0 aliphatic carbocycles. The molecule has 0 saturated carbocycles. The van der Waals surface area contributed by atoms with Gasteiger partial charge in [0.25, 0.3) is 0 Å². The third-order valence-corrected chi connectivity index (χ3v) is 9.66. The zero-order valence-electron chi connectivity index (χ0n) is 30.0. The molecule has 0 spiro atoms. The highest BCUT2D eigenvalue weighted by Crippen LogP contribution is 2.33. The zero-order chi connectivity index (χ0) is 32.3. The Morgan fingerprint density at radius 1 is 0.425 bits per heavy atom. The van der Waals surface area contributed by atoms with Gasteiger partial charge in [0.1, 0.15) is 0 Å². The maximum Gasteiger partial charge on any atom is 0.0780 e. The summed E-state index contributed by atoms with van der Waals surface area (Å²) in [6.07, 6.45) is 12.0. The highest BCUT2D eigenvalue weighted by molar-refractivity contribution is 4.74. The molecule has 0 bridgehead atoms. The number of aliphatic hydroxyl groups is 3. The van der Waals surface area contributed by atoms with E-state index in [9.17, 15) is 0 Å². The predicted molar refractivity (Wildman–Crippen MR) is 177 cm³/mol. The SMILES string of the molecule is CCC(C)OCC(C)OCC(C)C.CCC(CC)(CC)CC.CCC(CC)(CC)CO.CCC(CC)(CO)CO. The molecule has 0 radical (unpaired) electrons. The molecule has 2 unspecified atom stereocenters. The van der Waals surface area contributed by atoms with Crippen molar-refractivity contribution in [2.24, 2.45) is 22.2 Å².